The quantitative estimate of drug-likeness (QED) is 0.769. The van der Waals surface area contributed by atoms with Crippen LogP contribution in [0, 0.1) is 0 Å². The van der Waals surface area contributed by atoms with E-state index in [0.717, 1.165) is 12.1 Å². The summed E-state index contributed by atoms with van der Waals surface area (Å²) in [6, 6.07) is 6.14. The molecule has 0 spiro atoms. The molecule has 3 heteroatoms. The van der Waals surface area contributed by atoms with Crippen molar-refractivity contribution >= 4 is 17.0 Å². The number of aromatic amines is 1. The first-order valence-corrected chi connectivity index (χ1v) is 4.65. The fourth-order valence-electron chi connectivity index (χ4n) is 1.44. The highest BCUT2D eigenvalue weighted by atomic mass is 15.1. The number of rotatable bonds is 3. The van der Waals surface area contributed by atoms with Gasteiger partial charge in [-0.2, -0.15) is 5.10 Å². The van der Waals surface area contributed by atoms with Gasteiger partial charge in [0.25, 0.3) is 0 Å². The summed E-state index contributed by atoms with van der Waals surface area (Å²) >= 11 is 0. The zero-order valence-electron chi connectivity index (χ0n) is 8.12. The summed E-state index contributed by atoms with van der Waals surface area (Å²) in [7, 11) is 1.93. The number of nitrogens with one attached hydrogen (secondary N) is 2. The van der Waals surface area contributed by atoms with Crippen molar-refractivity contribution < 1.29 is 0 Å². The van der Waals surface area contributed by atoms with E-state index in [0.29, 0.717) is 0 Å². The van der Waals surface area contributed by atoms with Crippen molar-refractivity contribution in [1.82, 2.24) is 15.5 Å². The highest BCUT2D eigenvalue weighted by Crippen LogP contribution is 2.16. The Morgan fingerprint density at radius 1 is 1.50 bits per heavy atom. The van der Waals surface area contributed by atoms with Gasteiger partial charge in [-0.1, -0.05) is 24.3 Å². The zero-order valence-corrected chi connectivity index (χ0v) is 8.12. The standard InChI is InChI=1S/C11H13N3/c1-12-7-3-5-9-4-2-6-11-10(9)8-13-14-11/h2-6,8,12H,7H2,1H3,(H,13,14). The molecule has 1 heterocycles. The minimum absolute atomic E-state index is 0.883. The van der Waals surface area contributed by atoms with E-state index < -0.39 is 0 Å². The van der Waals surface area contributed by atoms with Gasteiger partial charge in [-0.25, -0.2) is 0 Å². The molecule has 0 fully saturated rings. The molecule has 3 nitrogen and oxygen atoms in total. The second kappa shape index (κ2) is 4.07. The van der Waals surface area contributed by atoms with E-state index in [1.807, 2.05) is 25.4 Å². The molecule has 0 radical (unpaired) electrons. The predicted octanol–water partition coefficient (Wildman–Crippen LogP) is 1.80. The maximum absolute atomic E-state index is 4.02. The van der Waals surface area contributed by atoms with Crippen LogP contribution in [0.15, 0.2) is 30.5 Å². The lowest BCUT2D eigenvalue weighted by Gasteiger charge is -1.95. The third kappa shape index (κ3) is 1.67. The van der Waals surface area contributed by atoms with Gasteiger partial charge in [-0.05, 0) is 18.7 Å². The molecule has 1 aromatic heterocycles. The molecule has 0 amide bonds. The topological polar surface area (TPSA) is 40.7 Å². The summed E-state index contributed by atoms with van der Waals surface area (Å²) < 4.78 is 0. The molecule has 72 valence electrons. The average Bonchev–Trinajstić information content (AvgIpc) is 2.67. The van der Waals surface area contributed by atoms with E-state index in [9.17, 15) is 0 Å². The molecule has 0 aliphatic carbocycles. The van der Waals surface area contributed by atoms with E-state index in [1.54, 1.807) is 0 Å². The van der Waals surface area contributed by atoms with Gasteiger partial charge in [-0.15, -0.1) is 0 Å². The Bertz CT molecular complexity index is 442. The molecule has 0 aliphatic heterocycles. The van der Waals surface area contributed by atoms with Gasteiger partial charge < -0.3 is 5.32 Å². The van der Waals surface area contributed by atoms with Crippen LogP contribution in [-0.2, 0) is 0 Å². The minimum Gasteiger partial charge on any atom is -0.316 e. The van der Waals surface area contributed by atoms with E-state index in [2.05, 4.69) is 33.7 Å². The van der Waals surface area contributed by atoms with Crippen molar-refractivity contribution in [3.63, 3.8) is 0 Å². The van der Waals surface area contributed by atoms with Crippen LogP contribution >= 0.6 is 0 Å². The van der Waals surface area contributed by atoms with Crippen LogP contribution in [0.2, 0.25) is 0 Å². The van der Waals surface area contributed by atoms with E-state index in [-0.39, 0.29) is 0 Å². The van der Waals surface area contributed by atoms with Crippen molar-refractivity contribution in [1.29, 1.82) is 0 Å². The summed E-state index contributed by atoms with van der Waals surface area (Å²) in [5.74, 6) is 0. The molecule has 2 N–H and O–H groups in total. The molecular formula is C11H13N3. The zero-order chi connectivity index (χ0) is 9.80. The Labute approximate surface area is 82.8 Å². The van der Waals surface area contributed by atoms with Gasteiger partial charge in [0.2, 0.25) is 0 Å². The largest absolute Gasteiger partial charge is 0.316 e. The van der Waals surface area contributed by atoms with E-state index in [1.165, 1.54) is 10.9 Å². The Hall–Kier alpha value is -1.61. The van der Waals surface area contributed by atoms with Gasteiger partial charge in [0.15, 0.2) is 0 Å². The summed E-state index contributed by atoms with van der Waals surface area (Å²) in [6.07, 6.45) is 6.06. The van der Waals surface area contributed by atoms with Gasteiger partial charge in [0.05, 0.1) is 11.7 Å². The van der Waals surface area contributed by atoms with Gasteiger partial charge in [-0.3, -0.25) is 5.10 Å². The molecule has 0 unspecified atom stereocenters. The Kier molecular flexibility index (Phi) is 2.60. The first kappa shape index (κ1) is 8.97. The Morgan fingerprint density at radius 3 is 3.29 bits per heavy atom. The lowest BCUT2D eigenvalue weighted by atomic mass is 10.1. The maximum Gasteiger partial charge on any atom is 0.0656 e. The lowest BCUT2D eigenvalue weighted by molar-refractivity contribution is 0.922. The number of aromatic nitrogens is 2. The summed E-state index contributed by atoms with van der Waals surface area (Å²) in [5.41, 5.74) is 2.28. The molecule has 0 bridgehead atoms. The maximum atomic E-state index is 4.02. The highest BCUT2D eigenvalue weighted by molar-refractivity contribution is 5.87. The second-order valence-corrected chi connectivity index (χ2v) is 3.14. The fraction of sp³-hybridized carbons (Fsp3) is 0.182. The number of H-pyrrole nitrogens is 1. The average molecular weight is 187 g/mol. The third-order valence-corrected chi connectivity index (χ3v) is 2.14. The van der Waals surface area contributed by atoms with Crippen LogP contribution in [0.25, 0.3) is 17.0 Å². The Balaban J connectivity index is 2.36. The van der Waals surface area contributed by atoms with Crippen LogP contribution in [0.4, 0.5) is 0 Å². The van der Waals surface area contributed by atoms with Crippen LogP contribution in [0.5, 0.6) is 0 Å². The summed E-state index contributed by atoms with van der Waals surface area (Å²) in [4.78, 5) is 0. The molecule has 2 rings (SSSR count). The molecule has 14 heavy (non-hydrogen) atoms. The number of likely N-dealkylation sites (N-methyl/N-ethyl adjacent to an activating group) is 1. The van der Waals surface area contributed by atoms with Gasteiger partial charge in [0.1, 0.15) is 0 Å². The first-order chi connectivity index (χ1) is 6.92. The molecule has 0 saturated carbocycles. The van der Waals surface area contributed by atoms with Crippen LogP contribution in [-0.4, -0.2) is 23.8 Å². The minimum atomic E-state index is 0.883. The summed E-state index contributed by atoms with van der Waals surface area (Å²) in [6.45, 7) is 0.883. The molecule has 0 atom stereocenters. The Morgan fingerprint density at radius 2 is 2.43 bits per heavy atom. The lowest BCUT2D eigenvalue weighted by Crippen LogP contribution is -2.03. The first-order valence-electron chi connectivity index (χ1n) is 4.65. The summed E-state index contributed by atoms with van der Waals surface area (Å²) in [5, 5.41) is 11.2. The number of hydrogen-bond acceptors (Lipinski definition) is 2. The number of hydrogen-bond donors (Lipinski definition) is 2. The molecule has 0 saturated heterocycles. The van der Waals surface area contributed by atoms with Crippen molar-refractivity contribution in [2.75, 3.05) is 13.6 Å². The molecule has 0 aliphatic rings. The second-order valence-electron chi connectivity index (χ2n) is 3.14. The third-order valence-electron chi connectivity index (χ3n) is 2.14. The SMILES string of the molecule is CNCC=Cc1cccc2[nH]ncc12. The van der Waals surface area contributed by atoms with Crippen LogP contribution in [0.1, 0.15) is 5.56 Å². The van der Waals surface area contributed by atoms with Crippen LogP contribution in [0.3, 0.4) is 0 Å². The molecule has 1 aromatic carbocycles. The fourth-order valence-corrected chi connectivity index (χ4v) is 1.44. The van der Waals surface area contributed by atoms with Crippen molar-refractivity contribution in [2.24, 2.45) is 0 Å². The van der Waals surface area contributed by atoms with Crippen molar-refractivity contribution in [3.8, 4) is 0 Å². The normalized spacial score (nSPS) is 11.5. The predicted molar refractivity (Wildman–Crippen MR) is 59.1 cm³/mol. The molecular weight excluding hydrogens is 174 g/mol. The van der Waals surface area contributed by atoms with E-state index in [4.69, 9.17) is 0 Å². The number of fused-ring (bicyclic) bond motifs is 1. The van der Waals surface area contributed by atoms with Crippen LogP contribution < -0.4 is 5.32 Å². The molecule has 2 aromatic rings. The van der Waals surface area contributed by atoms with Crippen molar-refractivity contribution in [2.45, 2.75) is 0 Å². The smallest absolute Gasteiger partial charge is 0.0656 e. The van der Waals surface area contributed by atoms with Gasteiger partial charge in [0, 0.05) is 11.9 Å². The highest BCUT2D eigenvalue weighted by Gasteiger charge is 1.97. The van der Waals surface area contributed by atoms with E-state index >= 15 is 0 Å². The number of benzene rings is 1. The monoisotopic (exact) mass is 187 g/mol. The number of nitrogens with zero attached hydrogens (tertiary/aromatic N) is 1. The van der Waals surface area contributed by atoms with Crippen molar-refractivity contribution in [3.05, 3.63) is 36.0 Å². The van der Waals surface area contributed by atoms with Gasteiger partial charge >= 0.3 is 0 Å².